The Kier molecular flexibility index (Phi) is 6.48. The number of hydrogen-bond acceptors (Lipinski definition) is 5. The van der Waals surface area contributed by atoms with Crippen LogP contribution in [0.25, 0.3) is 0 Å². The van der Waals surface area contributed by atoms with Crippen LogP contribution in [0, 0.1) is 0 Å². The van der Waals surface area contributed by atoms with Gasteiger partial charge in [-0.1, -0.05) is 42.5 Å². The number of hydrogen-bond donors (Lipinski definition) is 2. The van der Waals surface area contributed by atoms with E-state index in [4.69, 9.17) is 9.47 Å². The smallest absolute Gasteiger partial charge is 0.171 e. The van der Waals surface area contributed by atoms with Crippen molar-refractivity contribution in [1.82, 2.24) is 0 Å². The van der Waals surface area contributed by atoms with Crippen LogP contribution >= 0.6 is 7.14 Å². The zero-order chi connectivity index (χ0) is 25.0. The molecule has 0 aliphatic rings. The van der Waals surface area contributed by atoms with Gasteiger partial charge in [-0.05, 0) is 72.8 Å². The van der Waals surface area contributed by atoms with Gasteiger partial charge in [-0.25, -0.2) is 0 Å². The largest absolute Gasteiger partial charge is 0.508 e. The summed E-state index contributed by atoms with van der Waals surface area (Å²) in [6.07, 6.45) is 0. The zero-order valence-corrected chi connectivity index (χ0v) is 20.1. The normalized spacial score (nSPS) is 11.1. The summed E-state index contributed by atoms with van der Waals surface area (Å²) in [7, 11) is -3.19. The third kappa shape index (κ3) is 4.97. The van der Waals surface area contributed by atoms with Crippen molar-refractivity contribution >= 4 is 23.1 Å². The molecule has 0 heterocycles. The van der Waals surface area contributed by atoms with E-state index in [1.807, 2.05) is 54.6 Å². The predicted octanol–water partition coefficient (Wildman–Crippen LogP) is 6.32. The highest BCUT2D eigenvalue weighted by molar-refractivity contribution is 7.85. The Balaban J connectivity index is 1.47. The van der Waals surface area contributed by atoms with Crippen LogP contribution in [0.3, 0.4) is 0 Å². The minimum absolute atomic E-state index is 0.120. The summed E-state index contributed by atoms with van der Waals surface area (Å²) < 4.78 is 26.4. The lowest BCUT2D eigenvalue weighted by atomic mass is 10.3. The summed E-state index contributed by atoms with van der Waals surface area (Å²) in [6.45, 7) is 0. The molecule has 0 radical (unpaired) electrons. The molecule has 0 fully saturated rings. The molecule has 36 heavy (non-hydrogen) atoms. The van der Waals surface area contributed by atoms with Crippen LogP contribution in [0.5, 0.6) is 34.5 Å². The maximum Gasteiger partial charge on any atom is 0.171 e. The fourth-order valence-corrected chi connectivity index (χ4v) is 6.52. The van der Waals surface area contributed by atoms with Crippen LogP contribution in [0.2, 0.25) is 0 Å². The molecule has 5 aromatic rings. The first-order chi connectivity index (χ1) is 17.5. The second kappa shape index (κ2) is 10.0. The van der Waals surface area contributed by atoms with Gasteiger partial charge in [0.1, 0.15) is 34.5 Å². The van der Waals surface area contributed by atoms with E-state index < -0.39 is 7.14 Å². The molecule has 0 aromatic heterocycles. The van der Waals surface area contributed by atoms with E-state index in [0.717, 1.165) is 0 Å². The topological polar surface area (TPSA) is 76.0 Å². The lowest BCUT2D eigenvalue weighted by Crippen LogP contribution is -2.24. The average Bonchev–Trinajstić information content (AvgIpc) is 2.90. The standard InChI is InChI=1S/C30H23O5P/c31-22-6-4-8-26(20-22)34-24-12-16-29(17-13-24)36(33,28-10-2-1-3-11-28)30-18-14-25(15-19-30)35-27-9-5-7-23(32)21-27/h1-21,31-32H. The van der Waals surface area contributed by atoms with Gasteiger partial charge in [-0.15, -0.1) is 0 Å². The molecule has 178 valence electrons. The molecule has 2 N–H and O–H groups in total. The predicted molar refractivity (Wildman–Crippen MR) is 142 cm³/mol. The maximum atomic E-state index is 14.7. The minimum Gasteiger partial charge on any atom is -0.508 e. The Morgan fingerprint density at radius 3 is 1.28 bits per heavy atom. The van der Waals surface area contributed by atoms with Crippen LogP contribution < -0.4 is 25.4 Å². The molecule has 5 aromatic carbocycles. The van der Waals surface area contributed by atoms with E-state index in [0.29, 0.717) is 38.9 Å². The highest BCUT2D eigenvalue weighted by Crippen LogP contribution is 2.43. The summed E-state index contributed by atoms with van der Waals surface area (Å²) in [5, 5.41) is 21.4. The van der Waals surface area contributed by atoms with Crippen LogP contribution in [0.15, 0.2) is 127 Å². The highest BCUT2D eigenvalue weighted by atomic mass is 31.2. The van der Waals surface area contributed by atoms with Gasteiger partial charge in [0.25, 0.3) is 0 Å². The summed E-state index contributed by atoms with van der Waals surface area (Å²) in [6, 6.07) is 36.8. The van der Waals surface area contributed by atoms with Crippen molar-refractivity contribution in [3.63, 3.8) is 0 Å². The van der Waals surface area contributed by atoms with Crippen molar-refractivity contribution in [2.45, 2.75) is 0 Å². The number of benzene rings is 5. The van der Waals surface area contributed by atoms with Gasteiger partial charge in [0, 0.05) is 28.0 Å². The van der Waals surface area contributed by atoms with Crippen molar-refractivity contribution in [3.8, 4) is 34.5 Å². The van der Waals surface area contributed by atoms with Crippen molar-refractivity contribution in [1.29, 1.82) is 0 Å². The molecule has 0 atom stereocenters. The van der Waals surface area contributed by atoms with Gasteiger partial charge in [0.2, 0.25) is 0 Å². The van der Waals surface area contributed by atoms with Crippen LogP contribution in [-0.4, -0.2) is 10.2 Å². The van der Waals surface area contributed by atoms with Gasteiger partial charge >= 0.3 is 0 Å². The molecule has 0 spiro atoms. The summed E-state index contributed by atoms with van der Waals surface area (Å²) in [5.41, 5.74) is 0. The second-order valence-corrected chi connectivity index (χ2v) is 10.9. The molecule has 6 heteroatoms. The van der Waals surface area contributed by atoms with Crippen molar-refractivity contribution in [2.75, 3.05) is 0 Å². The lowest BCUT2D eigenvalue weighted by Gasteiger charge is -2.20. The molecule has 0 saturated carbocycles. The maximum absolute atomic E-state index is 14.7. The van der Waals surface area contributed by atoms with Crippen molar-refractivity contribution < 1.29 is 24.3 Å². The Morgan fingerprint density at radius 1 is 0.444 bits per heavy atom. The van der Waals surface area contributed by atoms with E-state index in [1.165, 1.54) is 12.1 Å². The summed E-state index contributed by atoms with van der Waals surface area (Å²) in [4.78, 5) is 0. The zero-order valence-electron chi connectivity index (χ0n) is 19.2. The SMILES string of the molecule is O=P(c1ccccc1)(c1ccc(Oc2cccc(O)c2)cc1)c1ccc(Oc2cccc(O)c2)cc1. The second-order valence-electron chi connectivity index (χ2n) is 8.13. The van der Waals surface area contributed by atoms with Gasteiger partial charge in [0.05, 0.1) is 0 Å². The Bertz CT molecular complexity index is 1420. The fraction of sp³-hybridized carbons (Fsp3) is 0. The van der Waals surface area contributed by atoms with E-state index in [1.54, 1.807) is 60.7 Å². The third-order valence-electron chi connectivity index (χ3n) is 5.63. The number of aromatic hydroxyl groups is 2. The monoisotopic (exact) mass is 494 g/mol. The quantitative estimate of drug-likeness (QED) is 0.259. The summed E-state index contributed by atoms with van der Waals surface area (Å²) >= 11 is 0. The molecule has 0 bridgehead atoms. The van der Waals surface area contributed by atoms with Gasteiger partial charge < -0.3 is 24.3 Å². The van der Waals surface area contributed by atoms with Gasteiger partial charge in [-0.3, -0.25) is 0 Å². The molecule has 0 unspecified atom stereocenters. The Labute approximate surface area is 209 Å². The molecular weight excluding hydrogens is 471 g/mol. The Hall–Kier alpha value is -4.47. The lowest BCUT2D eigenvalue weighted by molar-refractivity contribution is 0.454. The number of phenolic OH excluding ortho intramolecular Hbond substituents is 2. The summed E-state index contributed by atoms with van der Waals surface area (Å²) in [5.74, 6) is 2.40. The third-order valence-corrected chi connectivity index (χ3v) is 8.70. The van der Waals surface area contributed by atoms with Crippen molar-refractivity contribution in [2.24, 2.45) is 0 Å². The van der Waals surface area contributed by atoms with E-state index in [2.05, 4.69) is 0 Å². The molecule has 0 aliphatic heterocycles. The van der Waals surface area contributed by atoms with E-state index in [9.17, 15) is 14.8 Å². The molecule has 0 amide bonds. The molecule has 0 aliphatic carbocycles. The number of ether oxygens (including phenoxy) is 2. The fourth-order valence-electron chi connectivity index (χ4n) is 3.90. The van der Waals surface area contributed by atoms with Crippen LogP contribution in [-0.2, 0) is 4.57 Å². The van der Waals surface area contributed by atoms with E-state index >= 15 is 0 Å². The minimum atomic E-state index is -3.19. The molecular formula is C30H23O5P. The first kappa shape index (κ1) is 23.3. The molecule has 5 nitrogen and oxygen atoms in total. The van der Waals surface area contributed by atoms with Gasteiger partial charge in [0.15, 0.2) is 7.14 Å². The van der Waals surface area contributed by atoms with Crippen LogP contribution in [0.4, 0.5) is 0 Å². The van der Waals surface area contributed by atoms with Crippen molar-refractivity contribution in [3.05, 3.63) is 127 Å². The van der Waals surface area contributed by atoms with Gasteiger partial charge in [-0.2, -0.15) is 0 Å². The highest BCUT2D eigenvalue weighted by Gasteiger charge is 2.29. The average molecular weight is 494 g/mol. The Morgan fingerprint density at radius 2 is 0.861 bits per heavy atom. The van der Waals surface area contributed by atoms with Crippen LogP contribution in [0.1, 0.15) is 0 Å². The first-order valence-corrected chi connectivity index (χ1v) is 13.0. The number of phenols is 2. The molecule has 5 rings (SSSR count). The number of rotatable bonds is 7. The molecule has 0 saturated heterocycles. The first-order valence-electron chi connectivity index (χ1n) is 11.3. The van der Waals surface area contributed by atoms with E-state index in [-0.39, 0.29) is 11.5 Å².